The van der Waals surface area contributed by atoms with Crippen LogP contribution in [0, 0.1) is 17.0 Å². The number of amides is 1. The summed E-state index contributed by atoms with van der Waals surface area (Å²) in [5, 5.41) is 22.7. The first-order chi connectivity index (χ1) is 15.9. The van der Waals surface area contributed by atoms with Gasteiger partial charge in [-0.25, -0.2) is 0 Å². The minimum Gasteiger partial charge on any atom is -0.325 e. The molecule has 1 atom stereocenters. The zero-order valence-electron chi connectivity index (χ0n) is 18.0. The molecule has 8 nitrogen and oxygen atoms in total. The third kappa shape index (κ3) is 5.09. The molecular formula is C24H21N5O3S. The number of aryl methyl sites for hydroxylation is 1. The van der Waals surface area contributed by atoms with Crippen molar-refractivity contribution < 1.29 is 9.72 Å². The summed E-state index contributed by atoms with van der Waals surface area (Å²) in [5.74, 6) is 0.382. The van der Waals surface area contributed by atoms with E-state index in [4.69, 9.17) is 0 Å². The first kappa shape index (κ1) is 22.2. The average Bonchev–Trinajstić information content (AvgIpc) is 3.24. The molecule has 0 spiro atoms. The molecule has 1 aromatic heterocycles. The Morgan fingerprint density at radius 2 is 1.67 bits per heavy atom. The number of benzene rings is 3. The highest BCUT2D eigenvalue weighted by Gasteiger charge is 2.22. The van der Waals surface area contributed by atoms with Gasteiger partial charge in [0.25, 0.3) is 5.69 Å². The van der Waals surface area contributed by atoms with Gasteiger partial charge in [-0.2, -0.15) is 0 Å². The Kier molecular flexibility index (Phi) is 6.50. The van der Waals surface area contributed by atoms with Crippen LogP contribution in [-0.4, -0.2) is 30.8 Å². The smallest absolute Gasteiger partial charge is 0.269 e. The number of anilines is 1. The van der Waals surface area contributed by atoms with Crippen LogP contribution >= 0.6 is 11.8 Å². The number of hydrogen-bond donors (Lipinski definition) is 1. The summed E-state index contributed by atoms with van der Waals surface area (Å²) in [7, 11) is 0. The van der Waals surface area contributed by atoms with Crippen molar-refractivity contribution in [3.05, 3.63) is 94.5 Å². The van der Waals surface area contributed by atoms with Gasteiger partial charge in [-0.1, -0.05) is 47.7 Å². The Balaban J connectivity index is 1.63. The van der Waals surface area contributed by atoms with E-state index in [1.54, 1.807) is 12.1 Å². The summed E-state index contributed by atoms with van der Waals surface area (Å²) in [6.07, 6.45) is 0. The second kappa shape index (κ2) is 9.66. The van der Waals surface area contributed by atoms with Crippen LogP contribution in [0.1, 0.15) is 12.5 Å². The highest BCUT2D eigenvalue weighted by atomic mass is 32.2. The lowest BCUT2D eigenvalue weighted by Crippen LogP contribution is -2.22. The Morgan fingerprint density at radius 1 is 1.00 bits per heavy atom. The van der Waals surface area contributed by atoms with Crippen molar-refractivity contribution in [3.8, 4) is 17.1 Å². The summed E-state index contributed by atoms with van der Waals surface area (Å²) >= 11 is 1.29. The summed E-state index contributed by atoms with van der Waals surface area (Å²) in [5.41, 5.74) is 3.35. The minimum atomic E-state index is -0.443. The molecule has 0 aliphatic rings. The molecular weight excluding hydrogens is 438 g/mol. The van der Waals surface area contributed by atoms with Gasteiger partial charge in [0, 0.05) is 29.1 Å². The van der Waals surface area contributed by atoms with Crippen LogP contribution in [0.25, 0.3) is 17.1 Å². The lowest BCUT2D eigenvalue weighted by Gasteiger charge is -2.14. The summed E-state index contributed by atoms with van der Waals surface area (Å²) in [6, 6.07) is 23.3. The Bertz CT molecular complexity index is 1270. The normalized spacial score (nSPS) is 11.7. The van der Waals surface area contributed by atoms with Crippen LogP contribution in [-0.2, 0) is 4.79 Å². The average molecular weight is 460 g/mol. The highest BCUT2D eigenvalue weighted by Crippen LogP contribution is 2.31. The molecule has 1 heterocycles. The fraction of sp³-hybridized carbons (Fsp3) is 0.125. The SMILES string of the molecule is Cc1ccc(NC(=O)[C@@H](C)Sc2nnc(-c3ccc([N+](=O)[O-])cc3)n2-c2ccccc2)cc1. The number of nitro groups is 1. The van der Waals surface area contributed by atoms with Crippen LogP contribution in [0.5, 0.6) is 0 Å². The lowest BCUT2D eigenvalue weighted by atomic mass is 10.2. The third-order valence-electron chi connectivity index (χ3n) is 4.95. The molecule has 0 aliphatic heterocycles. The number of para-hydroxylation sites is 1. The summed E-state index contributed by atoms with van der Waals surface area (Å²) < 4.78 is 1.85. The molecule has 4 aromatic rings. The number of nitrogens with one attached hydrogen (secondary N) is 1. The fourth-order valence-corrected chi connectivity index (χ4v) is 4.04. The van der Waals surface area contributed by atoms with Gasteiger partial charge >= 0.3 is 0 Å². The van der Waals surface area contributed by atoms with Gasteiger partial charge in [0.2, 0.25) is 5.91 Å². The fourth-order valence-electron chi connectivity index (χ4n) is 3.17. The molecule has 0 unspecified atom stereocenters. The van der Waals surface area contributed by atoms with E-state index in [0.29, 0.717) is 16.5 Å². The van der Waals surface area contributed by atoms with Crippen LogP contribution in [0.15, 0.2) is 84.0 Å². The largest absolute Gasteiger partial charge is 0.325 e. The van der Waals surface area contributed by atoms with Crippen LogP contribution in [0.4, 0.5) is 11.4 Å². The maximum Gasteiger partial charge on any atom is 0.269 e. The first-order valence-electron chi connectivity index (χ1n) is 10.2. The number of carbonyl (C=O) groups excluding carboxylic acids is 1. The molecule has 0 radical (unpaired) electrons. The molecule has 0 aliphatic carbocycles. The Hall–Kier alpha value is -3.98. The standard InChI is InChI=1S/C24H21N5O3S/c1-16-8-12-19(13-9-16)25-23(30)17(2)33-24-27-26-22(28(24)20-6-4-3-5-7-20)18-10-14-21(15-11-18)29(31)32/h3-15,17H,1-2H3,(H,25,30)/t17-/m1/s1. The molecule has 33 heavy (non-hydrogen) atoms. The highest BCUT2D eigenvalue weighted by molar-refractivity contribution is 8.00. The quantitative estimate of drug-likeness (QED) is 0.229. The minimum absolute atomic E-state index is 0.000485. The second-order valence-electron chi connectivity index (χ2n) is 7.40. The molecule has 0 fully saturated rings. The number of non-ortho nitro benzene ring substituents is 1. The number of hydrogen-bond acceptors (Lipinski definition) is 6. The van der Waals surface area contributed by atoms with Gasteiger partial charge in [-0.3, -0.25) is 19.5 Å². The monoisotopic (exact) mass is 459 g/mol. The predicted molar refractivity (Wildman–Crippen MR) is 129 cm³/mol. The number of rotatable bonds is 7. The topological polar surface area (TPSA) is 103 Å². The predicted octanol–water partition coefficient (Wildman–Crippen LogP) is 5.27. The first-order valence-corrected chi connectivity index (χ1v) is 11.1. The molecule has 1 amide bonds. The lowest BCUT2D eigenvalue weighted by molar-refractivity contribution is -0.384. The van der Waals surface area contributed by atoms with Gasteiger partial charge < -0.3 is 5.32 Å². The van der Waals surface area contributed by atoms with Crippen molar-refractivity contribution in [2.75, 3.05) is 5.32 Å². The van der Waals surface area contributed by atoms with Crippen LogP contribution in [0.3, 0.4) is 0 Å². The van der Waals surface area contributed by atoms with E-state index in [0.717, 1.165) is 16.9 Å². The van der Waals surface area contributed by atoms with E-state index in [-0.39, 0.29) is 11.6 Å². The van der Waals surface area contributed by atoms with E-state index < -0.39 is 10.2 Å². The summed E-state index contributed by atoms with van der Waals surface area (Å²) in [4.78, 5) is 23.3. The number of aromatic nitrogens is 3. The molecule has 0 bridgehead atoms. The van der Waals surface area contributed by atoms with Crippen molar-refractivity contribution in [3.63, 3.8) is 0 Å². The number of nitro benzene ring substituents is 1. The maximum atomic E-state index is 12.8. The van der Waals surface area contributed by atoms with Crippen molar-refractivity contribution >= 4 is 29.0 Å². The van der Waals surface area contributed by atoms with E-state index in [1.165, 1.54) is 23.9 Å². The van der Waals surface area contributed by atoms with Gasteiger partial charge in [0.1, 0.15) is 0 Å². The van der Waals surface area contributed by atoms with Crippen LogP contribution in [0.2, 0.25) is 0 Å². The third-order valence-corrected chi connectivity index (χ3v) is 6.00. The zero-order chi connectivity index (χ0) is 23.4. The summed E-state index contributed by atoms with van der Waals surface area (Å²) in [6.45, 7) is 3.80. The van der Waals surface area contributed by atoms with Gasteiger partial charge in [0.05, 0.1) is 10.2 Å². The van der Waals surface area contributed by atoms with Gasteiger partial charge in [0.15, 0.2) is 11.0 Å². The molecule has 0 saturated carbocycles. The van der Waals surface area contributed by atoms with E-state index >= 15 is 0 Å². The van der Waals surface area contributed by atoms with Crippen molar-refractivity contribution in [2.24, 2.45) is 0 Å². The Labute approximate surface area is 194 Å². The Morgan fingerprint density at radius 3 is 2.30 bits per heavy atom. The molecule has 4 rings (SSSR count). The van der Waals surface area contributed by atoms with E-state index in [1.807, 2.05) is 73.0 Å². The molecule has 3 aromatic carbocycles. The van der Waals surface area contributed by atoms with E-state index in [9.17, 15) is 14.9 Å². The number of carbonyl (C=O) groups is 1. The second-order valence-corrected chi connectivity index (χ2v) is 8.70. The number of thioether (sulfide) groups is 1. The maximum absolute atomic E-state index is 12.8. The number of nitrogens with zero attached hydrogens (tertiary/aromatic N) is 4. The van der Waals surface area contributed by atoms with Crippen molar-refractivity contribution in [2.45, 2.75) is 24.3 Å². The van der Waals surface area contributed by atoms with Gasteiger partial charge in [-0.15, -0.1) is 10.2 Å². The molecule has 9 heteroatoms. The molecule has 166 valence electrons. The van der Waals surface area contributed by atoms with E-state index in [2.05, 4.69) is 15.5 Å². The van der Waals surface area contributed by atoms with Crippen LogP contribution < -0.4 is 5.32 Å². The van der Waals surface area contributed by atoms with Gasteiger partial charge in [-0.05, 0) is 50.2 Å². The van der Waals surface area contributed by atoms with Crippen molar-refractivity contribution in [1.29, 1.82) is 0 Å². The molecule has 1 N–H and O–H groups in total. The van der Waals surface area contributed by atoms with Crippen molar-refractivity contribution in [1.82, 2.24) is 14.8 Å². The zero-order valence-corrected chi connectivity index (χ0v) is 18.8. The molecule has 0 saturated heterocycles.